The Morgan fingerprint density at radius 1 is 1.16 bits per heavy atom. The average Bonchev–Trinajstić information content (AvgIpc) is 3.69. The minimum absolute atomic E-state index is 0.0315. The van der Waals surface area contributed by atoms with Crippen LogP contribution in [0.2, 0.25) is 0 Å². The van der Waals surface area contributed by atoms with E-state index in [-0.39, 0.29) is 43.3 Å². The van der Waals surface area contributed by atoms with E-state index in [0.717, 1.165) is 32.1 Å². The number of β-amino-alcohol motifs (C(OH)–C–C–N with tert-alkyl or cyclic N) is 1. The quantitative estimate of drug-likeness (QED) is 0.241. The lowest BCUT2D eigenvalue weighted by Crippen LogP contribution is -2.58. The highest BCUT2D eigenvalue weighted by Gasteiger charge is 2.75. The van der Waals surface area contributed by atoms with Crippen molar-refractivity contribution in [1.82, 2.24) is 15.1 Å². The Bertz CT molecular complexity index is 1260. The van der Waals surface area contributed by atoms with Gasteiger partial charge >= 0.3 is 5.97 Å². The van der Waals surface area contributed by atoms with Gasteiger partial charge in [0.25, 0.3) is 0 Å². The number of likely N-dealkylation sites (tertiary alicyclic amines) is 1. The molecule has 7 atom stereocenters. The lowest BCUT2D eigenvalue weighted by molar-refractivity contribution is -0.162. The molecule has 2 bridgehead atoms. The Kier molecular flexibility index (Phi) is 10.4. The second-order valence-electron chi connectivity index (χ2n) is 12.8. The zero-order valence-electron chi connectivity index (χ0n) is 26.3. The second-order valence-corrected chi connectivity index (χ2v) is 12.8. The third-order valence-electron chi connectivity index (χ3n) is 10.1. The van der Waals surface area contributed by atoms with Crippen molar-refractivity contribution >= 4 is 23.7 Å². The maximum atomic E-state index is 14.5. The fourth-order valence-electron chi connectivity index (χ4n) is 8.10. The van der Waals surface area contributed by atoms with E-state index in [0.29, 0.717) is 31.4 Å². The van der Waals surface area contributed by atoms with Crippen LogP contribution in [0.25, 0.3) is 0 Å². The molecule has 2 N–H and O–H groups in total. The van der Waals surface area contributed by atoms with Crippen molar-refractivity contribution in [3.63, 3.8) is 0 Å². The maximum Gasteiger partial charge on any atom is 0.313 e. The summed E-state index contributed by atoms with van der Waals surface area (Å²) in [5, 5.41) is 12.9. The number of hydrogen-bond acceptors (Lipinski definition) is 7. The molecule has 3 amide bonds. The van der Waals surface area contributed by atoms with Gasteiger partial charge in [0.1, 0.15) is 17.7 Å². The number of allylic oxidation sites excluding steroid dienone is 1. The topological polar surface area (TPSA) is 125 Å². The fourth-order valence-corrected chi connectivity index (χ4v) is 8.10. The molecule has 1 aliphatic carbocycles. The number of nitrogens with one attached hydrogen (secondary N) is 1. The van der Waals surface area contributed by atoms with Gasteiger partial charge in [-0.3, -0.25) is 19.2 Å². The van der Waals surface area contributed by atoms with Crippen molar-refractivity contribution in [2.24, 2.45) is 11.8 Å². The lowest BCUT2D eigenvalue weighted by atomic mass is 9.70. The summed E-state index contributed by atoms with van der Waals surface area (Å²) in [5.74, 6) is -3.17. The Hall–Kier alpha value is -3.50. The zero-order chi connectivity index (χ0) is 32.1. The molecule has 244 valence electrons. The van der Waals surface area contributed by atoms with Crippen LogP contribution in [0.4, 0.5) is 0 Å². The maximum absolute atomic E-state index is 14.5. The van der Waals surface area contributed by atoms with Gasteiger partial charge in [-0.2, -0.15) is 0 Å². The highest BCUT2D eigenvalue weighted by atomic mass is 16.6. The Morgan fingerprint density at radius 3 is 2.56 bits per heavy atom. The van der Waals surface area contributed by atoms with Gasteiger partial charge in [-0.15, -0.1) is 13.2 Å². The largest absolute Gasteiger partial charge is 0.455 e. The third kappa shape index (κ3) is 6.31. The number of benzene rings is 1. The molecule has 3 aliphatic heterocycles. The number of carbonyl (C=O) groups excluding carboxylic acids is 4. The number of esters is 1. The molecule has 1 aromatic carbocycles. The summed E-state index contributed by atoms with van der Waals surface area (Å²) < 4.78 is 12.8. The van der Waals surface area contributed by atoms with Gasteiger partial charge in [-0.05, 0) is 44.6 Å². The lowest BCUT2D eigenvalue weighted by Gasteiger charge is -2.40. The third-order valence-corrected chi connectivity index (χ3v) is 10.1. The standard InChI is InChI=1S/C35H47N3O7/c1-4-6-17-27(40)36-23(3)30(24-13-9-7-10-14-24)44-34(43)28-26-18-19-35(45-26)29(28)32(41)38(21-22-39)31(35)33(42)37(20-5-2)25-15-11-8-12-16-25/h4-5,7,9-10,13-14,23,25-26,28-31,39H,1-2,6,8,11-12,15-22H2,3H3,(H,36,40)/t23-,26-,28+,29+,30-,31-,35+/m1/s1. The van der Waals surface area contributed by atoms with E-state index in [4.69, 9.17) is 9.47 Å². The molecule has 3 saturated heterocycles. The summed E-state index contributed by atoms with van der Waals surface area (Å²) in [4.78, 5) is 58.6. The van der Waals surface area contributed by atoms with E-state index in [1.807, 2.05) is 35.2 Å². The van der Waals surface area contributed by atoms with Gasteiger partial charge in [-0.25, -0.2) is 0 Å². The number of hydrogen-bond donors (Lipinski definition) is 2. The number of ether oxygens (including phenoxy) is 2. The number of carbonyl (C=O) groups is 4. The molecule has 1 aromatic rings. The fraction of sp³-hybridized carbons (Fsp3) is 0.600. The van der Waals surface area contributed by atoms with Crippen LogP contribution in [-0.4, -0.2) is 88.1 Å². The number of fused-ring (bicyclic) bond motifs is 1. The minimum atomic E-state index is -1.18. The molecule has 5 rings (SSSR count). The molecule has 10 nitrogen and oxygen atoms in total. The first-order chi connectivity index (χ1) is 21.8. The molecule has 0 aromatic heterocycles. The van der Waals surface area contributed by atoms with E-state index in [1.165, 1.54) is 4.90 Å². The van der Waals surface area contributed by atoms with Gasteiger partial charge in [0, 0.05) is 25.6 Å². The van der Waals surface area contributed by atoms with Crippen LogP contribution in [-0.2, 0) is 28.7 Å². The van der Waals surface area contributed by atoms with Gasteiger partial charge < -0.3 is 29.7 Å². The van der Waals surface area contributed by atoms with Crippen molar-refractivity contribution in [2.75, 3.05) is 19.7 Å². The summed E-state index contributed by atoms with van der Waals surface area (Å²) in [5.41, 5.74) is -0.472. The van der Waals surface area contributed by atoms with Crippen molar-refractivity contribution in [2.45, 2.75) is 101 Å². The predicted octanol–water partition coefficient (Wildman–Crippen LogP) is 3.46. The number of nitrogens with zero attached hydrogens (tertiary/aromatic N) is 2. The van der Waals surface area contributed by atoms with E-state index in [9.17, 15) is 24.3 Å². The van der Waals surface area contributed by atoms with Crippen LogP contribution in [0.3, 0.4) is 0 Å². The van der Waals surface area contributed by atoms with Gasteiger partial charge in [0.2, 0.25) is 17.7 Å². The van der Waals surface area contributed by atoms with E-state index >= 15 is 0 Å². The minimum Gasteiger partial charge on any atom is -0.455 e. The molecule has 1 saturated carbocycles. The molecule has 10 heteroatoms. The molecule has 4 aliphatic rings. The Morgan fingerprint density at radius 2 is 1.89 bits per heavy atom. The van der Waals surface area contributed by atoms with Crippen LogP contribution >= 0.6 is 0 Å². The number of amides is 3. The molecule has 3 heterocycles. The highest BCUT2D eigenvalue weighted by Crippen LogP contribution is 2.59. The molecule has 1 spiro atoms. The Balaban J connectivity index is 1.43. The van der Waals surface area contributed by atoms with Crippen molar-refractivity contribution in [3.8, 4) is 0 Å². The molecule has 0 unspecified atom stereocenters. The Labute approximate surface area is 265 Å². The highest BCUT2D eigenvalue weighted by molar-refractivity contribution is 5.98. The van der Waals surface area contributed by atoms with E-state index in [2.05, 4.69) is 18.5 Å². The summed E-state index contributed by atoms with van der Waals surface area (Å²) in [6.45, 7) is 9.34. The summed E-state index contributed by atoms with van der Waals surface area (Å²) in [6, 6.07) is 7.74. The monoisotopic (exact) mass is 621 g/mol. The van der Waals surface area contributed by atoms with Crippen LogP contribution < -0.4 is 5.32 Å². The number of aliphatic hydroxyl groups is 1. The molecular formula is C35H47N3O7. The first-order valence-corrected chi connectivity index (χ1v) is 16.4. The molecule has 45 heavy (non-hydrogen) atoms. The smallest absolute Gasteiger partial charge is 0.313 e. The predicted molar refractivity (Wildman–Crippen MR) is 167 cm³/mol. The second kappa shape index (κ2) is 14.3. The van der Waals surface area contributed by atoms with Crippen LogP contribution in [0.1, 0.15) is 76.4 Å². The van der Waals surface area contributed by atoms with Gasteiger partial charge in [-0.1, -0.05) is 61.7 Å². The zero-order valence-corrected chi connectivity index (χ0v) is 26.3. The van der Waals surface area contributed by atoms with Gasteiger partial charge in [0.15, 0.2) is 0 Å². The van der Waals surface area contributed by atoms with Crippen LogP contribution in [0.15, 0.2) is 55.6 Å². The van der Waals surface area contributed by atoms with Crippen molar-refractivity contribution in [3.05, 3.63) is 61.2 Å². The van der Waals surface area contributed by atoms with Gasteiger partial charge in [0.05, 0.1) is 30.6 Å². The van der Waals surface area contributed by atoms with E-state index in [1.54, 1.807) is 19.1 Å². The van der Waals surface area contributed by atoms with Crippen LogP contribution in [0, 0.1) is 11.8 Å². The summed E-state index contributed by atoms with van der Waals surface area (Å²) >= 11 is 0. The normalized spacial score (nSPS) is 28.7. The van der Waals surface area contributed by atoms with E-state index < -0.39 is 47.7 Å². The number of rotatable bonds is 14. The molecule has 0 radical (unpaired) electrons. The van der Waals surface area contributed by atoms with Crippen LogP contribution in [0.5, 0.6) is 0 Å². The molecular weight excluding hydrogens is 574 g/mol. The summed E-state index contributed by atoms with van der Waals surface area (Å²) in [6.07, 6.45) is 8.73. The summed E-state index contributed by atoms with van der Waals surface area (Å²) in [7, 11) is 0. The first kappa shape index (κ1) is 32.9. The molecule has 4 fully saturated rings. The number of aliphatic hydroxyl groups excluding tert-OH is 1. The van der Waals surface area contributed by atoms with Crippen molar-refractivity contribution in [1.29, 1.82) is 0 Å². The first-order valence-electron chi connectivity index (χ1n) is 16.4. The SMILES string of the molecule is C=CCCC(=O)N[C@H](C)[C@@H](OC(=O)[C@@H]1[C@H]2C(=O)N(CCO)[C@H](C(=O)N(CC=C)C3CCCCC3)[C@]23CC[C@H]1O3)c1ccccc1. The average molecular weight is 622 g/mol. The van der Waals surface area contributed by atoms with Crippen molar-refractivity contribution < 1.29 is 33.8 Å².